The Balaban J connectivity index is 2.52. The van der Waals surface area contributed by atoms with Gasteiger partial charge in [0.2, 0.25) is 0 Å². The molecule has 18 heavy (non-hydrogen) atoms. The van der Waals surface area contributed by atoms with Crippen LogP contribution in [0.2, 0.25) is 0 Å². The van der Waals surface area contributed by atoms with E-state index in [1.54, 1.807) is 26.2 Å². The molecule has 2 aromatic heterocycles. The molecule has 0 aliphatic rings. The van der Waals surface area contributed by atoms with Crippen molar-refractivity contribution in [2.75, 3.05) is 14.1 Å². The summed E-state index contributed by atoms with van der Waals surface area (Å²) in [5.74, 6) is 0. The van der Waals surface area contributed by atoms with Gasteiger partial charge in [-0.05, 0) is 12.1 Å². The van der Waals surface area contributed by atoms with E-state index in [1.165, 1.54) is 23.5 Å². The van der Waals surface area contributed by atoms with Crippen molar-refractivity contribution < 1.29 is 13.1 Å². The van der Waals surface area contributed by atoms with E-state index in [4.69, 9.17) is 0 Å². The van der Waals surface area contributed by atoms with E-state index in [1.807, 2.05) is 0 Å². The molecule has 0 aliphatic heterocycles. The number of pyridine rings is 1. The molecule has 0 aliphatic carbocycles. The minimum Gasteiger partial charge on any atom is -0.618 e. The van der Waals surface area contributed by atoms with Crippen molar-refractivity contribution in [2.45, 2.75) is 4.21 Å². The summed E-state index contributed by atoms with van der Waals surface area (Å²) in [6, 6.07) is 4.72. The quantitative estimate of drug-likeness (QED) is 0.362. The predicted octanol–water partition coefficient (Wildman–Crippen LogP) is 0.813. The summed E-state index contributed by atoms with van der Waals surface area (Å²) in [7, 11) is -0.388. The topological polar surface area (TPSA) is 76.7 Å². The maximum absolute atomic E-state index is 11.9. The Morgan fingerprint density at radius 3 is 2.83 bits per heavy atom. The average molecular weight is 285 g/mol. The fraction of sp³-hybridized carbons (Fsp3) is 0.200. The number of nitrogens with zero attached hydrogens (tertiary/aromatic N) is 3. The van der Waals surface area contributed by atoms with Crippen molar-refractivity contribution in [3.63, 3.8) is 0 Å². The summed E-state index contributed by atoms with van der Waals surface area (Å²) >= 11 is 0.913. The fourth-order valence-corrected chi connectivity index (χ4v) is 3.54. The summed E-state index contributed by atoms with van der Waals surface area (Å²) in [5, 5.41) is 12.1. The molecule has 96 valence electrons. The third kappa shape index (κ3) is 2.44. The van der Waals surface area contributed by atoms with E-state index >= 15 is 0 Å². The first-order valence-corrected chi connectivity index (χ1v) is 7.24. The number of hydrogen-bond acceptors (Lipinski definition) is 4. The van der Waals surface area contributed by atoms with Gasteiger partial charge in [0, 0.05) is 20.2 Å². The van der Waals surface area contributed by atoms with E-state index in [0.29, 0.717) is 14.9 Å². The number of sulfonamides is 1. The van der Waals surface area contributed by atoms with Crippen molar-refractivity contribution in [3.8, 4) is 0 Å². The van der Waals surface area contributed by atoms with Gasteiger partial charge in [-0.2, -0.15) is 13.1 Å². The zero-order valence-corrected chi connectivity index (χ0v) is 11.4. The van der Waals surface area contributed by atoms with Crippen LogP contribution in [0.3, 0.4) is 0 Å². The molecule has 0 aromatic carbocycles. The summed E-state index contributed by atoms with van der Waals surface area (Å²) in [4.78, 5) is 1.88. The molecule has 0 atom stereocenters. The van der Waals surface area contributed by atoms with E-state index < -0.39 is 10.0 Å². The zero-order chi connectivity index (χ0) is 13.3. The van der Waals surface area contributed by atoms with Crippen molar-refractivity contribution in [1.29, 1.82) is 0 Å². The molecular weight excluding hydrogens is 274 g/mol. The van der Waals surface area contributed by atoms with Gasteiger partial charge in [0.25, 0.3) is 14.9 Å². The molecule has 0 amide bonds. The van der Waals surface area contributed by atoms with Crippen LogP contribution >= 0.6 is 11.3 Å². The third-order valence-corrected chi connectivity index (χ3v) is 4.89. The van der Waals surface area contributed by atoms with Crippen LogP contribution in [0.5, 0.6) is 0 Å². The Labute approximate surface area is 108 Å². The highest BCUT2D eigenvalue weighted by molar-refractivity contribution is 7.92. The van der Waals surface area contributed by atoms with Crippen LogP contribution in [0, 0.1) is 5.21 Å². The summed E-state index contributed by atoms with van der Waals surface area (Å²) in [6.45, 7) is 0. The molecule has 2 aromatic rings. The van der Waals surface area contributed by atoms with Crippen molar-refractivity contribution in [2.24, 2.45) is 4.40 Å². The highest BCUT2D eigenvalue weighted by atomic mass is 32.2. The molecule has 2 heterocycles. The number of fused-ring (bicyclic) bond motifs is 1. The fourth-order valence-electron chi connectivity index (χ4n) is 1.29. The Kier molecular flexibility index (Phi) is 3.22. The van der Waals surface area contributed by atoms with Crippen LogP contribution in [0.1, 0.15) is 0 Å². The minimum atomic E-state index is -3.74. The molecule has 0 saturated carbocycles. The number of rotatable bonds is 3. The van der Waals surface area contributed by atoms with Crippen LogP contribution in [0.4, 0.5) is 0 Å². The van der Waals surface area contributed by atoms with Gasteiger partial charge in [0.1, 0.15) is 10.5 Å². The molecule has 8 heteroatoms. The van der Waals surface area contributed by atoms with Crippen molar-refractivity contribution in [1.82, 2.24) is 4.90 Å². The lowest BCUT2D eigenvalue weighted by Crippen LogP contribution is -2.24. The van der Waals surface area contributed by atoms with Gasteiger partial charge < -0.3 is 10.1 Å². The number of hydrogen-bond donors (Lipinski definition) is 0. The first-order chi connectivity index (χ1) is 8.40. The van der Waals surface area contributed by atoms with Gasteiger partial charge in [-0.1, -0.05) is 11.3 Å². The predicted molar refractivity (Wildman–Crippen MR) is 70.1 cm³/mol. The summed E-state index contributed by atoms with van der Waals surface area (Å²) in [5.41, 5.74) is 0. The second-order valence-corrected chi connectivity index (χ2v) is 6.71. The summed E-state index contributed by atoms with van der Waals surface area (Å²) < 4.78 is 28.0. The van der Waals surface area contributed by atoms with Crippen LogP contribution in [-0.2, 0) is 10.0 Å². The van der Waals surface area contributed by atoms with Gasteiger partial charge in [-0.25, -0.2) is 0 Å². The highest BCUT2D eigenvalue weighted by Crippen LogP contribution is 2.27. The Morgan fingerprint density at radius 1 is 1.50 bits per heavy atom. The Bertz CT molecular complexity index is 704. The van der Waals surface area contributed by atoms with Crippen molar-refractivity contribution >= 4 is 37.9 Å². The number of thiophene rings is 1. The Hall–Kier alpha value is -1.67. The molecule has 0 bridgehead atoms. The molecular formula is C10H11N3O3S2. The lowest BCUT2D eigenvalue weighted by atomic mass is 10.3. The lowest BCUT2D eigenvalue weighted by molar-refractivity contribution is -0.574. The second-order valence-electron chi connectivity index (χ2n) is 3.82. The second kappa shape index (κ2) is 4.54. The molecule has 6 nitrogen and oxygen atoms in total. The first-order valence-electron chi connectivity index (χ1n) is 4.99. The third-order valence-electron chi connectivity index (χ3n) is 2.09. The molecule has 0 unspecified atom stereocenters. The molecule has 2 rings (SSSR count). The lowest BCUT2D eigenvalue weighted by Gasteiger charge is -2.01. The van der Waals surface area contributed by atoms with Gasteiger partial charge in [0.15, 0.2) is 6.20 Å². The smallest absolute Gasteiger partial charge is 0.293 e. The molecule has 0 fully saturated rings. The van der Waals surface area contributed by atoms with Crippen LogP contribution in [0.25, 0.3) is 10.2 Å². The van der Waals surface area contributed by atoms with E-state index in [0.717, 1.165) is 11.3 Å². The Morgan fingerprint density at radius 2 is 2.22 bits per heavy atom. The van der Waals surface area contributed by atoms with Crippen LogP contribution in [-0.4, -0.2) is 33.8 Å². The van der Waals surface area contributed by atoms with E-state index in [9.17, 15) is 13.6 Å². The van der Waals surface area contributed by atoms with Gasteiger partial charge in [0.05, 0.1) is 5.39 Å². The summed E-state index contributed by atoms with van der Waals surface area (Å²) in [6.07, 6.45) is 2.54. The molecule has 0 saturated heterocycles. The monoisotopic (exact) mass is 285 g/mol. The number of aromatic nitrogens is 1. The first kappa shape index (κ1) is 12.8. The molecule has 0 spiro atoms. The zero-order valence-electron chi connectivity index (χ0n) is 9.77. The molecule has 0 radical (unpaired) electrons. The standard InChI is InChI=1S/C10H11N3O3S2/c1-12(2)7-11-18(15,16)9-6-8-4-3-5-13(14)10(8)17-9/h3-7H,1-2H3. The van der Waals surface area contributed by atoms with Gasteiger partial charge in [-0.15, -0.1) is 4.40 Å². The van der Waals surface area contributed by atoms with E-state index in [-0.39, 0.29) is 4.21 Å². The van der Waals surface area contributed by atoms with Crippen LogP contribution < -0.4 is 4.73 Å². The minimum absolute atomic E-state index is 0.0615. The van der Waals surface area contributed by atoms with Gasteiger partial charge >= 0.3 is 0 Å². The van der Waals surface area contributed by atoms with Crippen LogP contribution in [0.15, 0.2) is 33.0 Å². The van der Waals surface area contributed by atoms with Crippen molar-refractivity contribution in [3.05, 3.63) is 29.6 Å². The maximum atomic E-state index is 11.9. The average Bonchev–Trinajstić information content (AvgIpc) is 2.73. The van der Waals surface area contributed by atoms with E-state index in [2.05, 4.69) is 4.40 Å². The highest BCUT2D eigenvalue weighted by Gasteiger charge is 2.19. The largest absolute Gasteiger partial charge is 0.618 e. The van der Waals surface area contributed by atoms with Gasteiger partial charge in [-0.3, -0.25) is 0 Å². The maximum Gasteiger partial charge on any atom is 0.293 e. The normalized spacial score (nSPS) is 12.3. The molecule has 0 N–H and O–H groups in total. The SMILES string of the molecule is CN(C)C=NS(=O)(=O)c1cc2ccc[n+]([O-])c2s1.